The van der Waals surface area contributed by atoms with Gasteiger partial charge < -0.3 is 0 Å². The lowest BCUT2D eigenvalue weighted by Crippen LogP contribution is -2.04. The molecular formula is C20H20. The van der Waals surface area contributed by atoms with Crippen LogP contribution < -0.4 is 0 Å². The fourth-order valence-electron chi connectivity index (χ4n) is 2.82. The molecule has 0 radical (unpaired) electrons. The summed E-state index contributed by atoms with van der Waals surface area (Å²) in [6.45, 7) is 4.28. The van der Waals surface area contributed by atoms with Gasteiger partial charge in [-0.25, -0.2) is 0 Å². The van der Waals surface area contributed by atoms with Crippen LogP contribution >= 0.6 is 0 Å². The van der Waals surface area contributed by atoms with Gasteiger partial charge in [0.25, 0.3) is 0 Å². The summed E-state index contributed by atoms with van der Waals surface area (Å²) < 4.78 is 0. The summed E-state index contributed by atoms with van der Waals surface area (Å²) in [6.07, 6.45) is 7.74. The lowest BCUT2D eigenvalue weighted by atomic mass is 9.84. The van der Waals surface area contributed by atoms with E-state index < -0.39 is 0 Å². The van der Waals surface area contributed by atoms with E-state index in [4.69, 9.17) is 0 Å². The zero-order chi connectivity index (χ0) is 13.9. The van der Waals surface area contributed by atoms with Gasteiger partial charge in [-0.2, -0.15) is 0 Å². The molecule has 0 bridgehead atoms. The van der Waals surface area contributed by atoms with Crippen molar-refractivity contribution in [3.8, 4) is 0 Å². The highest BCUT2D eigenvalue weighted by Crippen LogP contribution is 2.35. The molecule has 2 aromatic carbocycles. The predicted molar refractivity (Wildman–Crippen MR) is 86.0 cm³/mol. The smallest absolute Gasteiger partial charge is 0.0305 e. The number of allylic oxidation sites excluding steroid dienone is 4. The van der Waals surface area contributed by atoms with Gasteiger partial charge >= 0.3 is 0 Å². The van der Waals surface area contributed by atoms with Crippen molar-refractivity contribution in [2.24, 2.45) is 0 Å². The first-order valence-electron chi connectivity index (χ1n) is 7.23. The molecule has 0 heteroatoms. The van der Waals surface area contributed by atoms with Gasteiger partial charge in [-0.15, -0.1) is 0 Å². The highest BCUT2D eigenvalue weighted by molar-refractivity contribution is 5.45. The first-order chi connectivity index (χ1) is 9.74. The van der Waals surface area contributed by atoms with E-state index >= 15 is 0 Å². The zero-order valence-corrected chi connectivity index (χ0v) is 12.1. The van der Waals surface area contributed by atoms with E-state index in [9.17, 15) is 0 Å². The minimum atomic E-state index is 0.381. The van der Waals surface area contributed by atoms with E-state index in [0.29, 0.717) is 5.92 Å². The molecule has 1 aliphatic rings. The molecule has 0 saturated carbocycles. The highest BCUT2D eigenvalue weighted by Gasteiger charge is 2.19. The molecule has 20 heavy (non-hydrogen) atoms. The fourth-order valence-corrected chi connectivity index (χ4v) is 2.82. The molecule has 0 unspecified atom stereocenters. The Kier molecular flexibility index (Phi) is 3.56. The highest BCUT2D eigenvalue weighted by atomic mass is 14.2. The molecule has 2 aromatic rings. The minimum Gasteiger partial charge on any atom is -0.0804 e. The van der Waals surface area contributed by atoms with E-state index in [1.165, 1.54) is 27.8 Å². The average molecular weight is 260 g/mol. The van der Waals surface area contributed by atoms with E-state index in [0.717, 1.165) is 6.42 Å². The topological polar surface area (TPSA) is 0 Å². The summed E-state index contributed by atoms with van der Waals surface area (Å²) in [7, 11) is 0. The third-order valence-electron chi connectivity index (χ3n) is 3.99. The van der Waals surface area contributed by atoms with Gasteiger partial charge in [0, 0.05) is 5.92 Å². The van der Waals surface area contributed by atoms with Gasteiger partial charge in [-0.1, -0.05) is 83.5 Å². The van der Waals surface area contributed by atoms with Gasteiger partial charge in [0.2, 0.25) is 0 Å². The minimum absolute atomic E-state index is 0.381. The summed E-state index contributed by atoms with van der Waals surface area (Å²) in [6, 6.07) is 17.9. The van der Waals surface area contributed by atoms with E-state index in [1.807, 2.05) is 0 Å². The average Bonchev–Trinajstić information content (AvgIpc) is 2.97. The lowest BCUT2D eigenvalue weighted by molar-refractivity contribution is 0.917. The summed E-state index contributed by atoms with van der Waals surface area (Å²) in [5.41, 5.74) is 6.88. The standard InChI is InChI=1S/C20H20/c1-15-7-11-18(12-8-15)20(17-5-3-4-6-17)19-13-9-16(2)10-14-19/h3-5,7-14,20H,6H2,1-2H3. The van der Waals surface area contributed by atoms with Gasteiger partial charge in [0.15, 0.2) is 0 Å². The van der Waals surface area contributed by atoms with Crippen LogP contribution in [0.25, 0.3) is 0 Å². The van der Waals surface area contributed by atoms with Crippen LogP contribution in [-0.2, 0) is 0 Å². The quantitative estimate of drug-likeness (QED) is 0.700. The third-order valence-corrected chi connectivity index (χ3v) is 3.99. The number of hydrogen-bond donors (Lipinski definition) is 0. The number of benzene rings is 2. The molecule has 3 rings (SSSR count). The normalized spacial score (nSPS) is 13.8. The largest absolute Gasteiger partial charge is 0.0804 e. The Morgan fingerprint density at radius 1 is 0.750 bits per heavy atom. The first kappa shape index (κ1) is 12.9. The van der Waals surface area contributed by atoms with E-state index in [-0.39, 0.29) is 0 Å². The molecule has 0 saturated heterocycles. The molecule has 0 atom stereocenters. The van der Waals surface area contributed by atoms with Crippen molar-refractivity contribution in [3.05, 3.63) is 94.6 Å². The molecule has 0 aromatic heterocycles. The fraction of sp³-hybridized carbons (Fsp3) is 0.200. The molecule has 0 fully saturated rings. The summed E-state index contributed by atoms with van der Waals surface area (Å²) in [5.74, 6) is 0.381. The van der Waals surface area contributed by atoms with Crippen LogP contribution in [0, 0.1) is 13.8 Å². The number of hydrogen-bond acceptors (Lipinski definition) is 0. The molecule has 0 amide bonds. The first-order valence-corrected chi connectivity index (χ1v) is 7.23. The van der Waals surface area contributed by atoms with E-state index in [1.54, 1.807) is 0 Å². The molecule has 1 aliphatic carbocycles. The molecule has 0 spiro atoms. The van der Waals surface area contributed by atoms with Gasteiger partial charge in [-0.3, -0.25) is 0 Å². The van der Waals surface area contributed by atoms with Gasteiger partial charge in [-0.05, 0) is 31.4 Å². The van der Waals surface area contributed by atoms with Gasteiger partial charge in [0.05, 0.1) is 0 Å². The molecule has 0 N–H and O–H groups in total. The Bertz CT molecular complexity index is 594. The Morgan fingerprint density at radius 2 is 1.25 bits per heavy atom. The van der Waals surface area contributed by atoms with Crippen LogP contribution in [0.1, 0.15) is 34.6 Å². The van der Waals surface area contributed by atoms with Crippen molar-refractivity contribution < 1.29 is 0 Å². The molecular weight excluding hydrogens is 240 g/mol. The lowest BCUT2D eigenvalue weighted by Gasteiger charge is -2.20. The van der Waals surface area contributed by atoms with Crippen molar-refractivity contribution in [1.82, 2.24) is 0 Å². The van der Waals surface area contributed by atoms with Crippen molar-refractivity contribution in [3.63, 3.8) is 0 Å². The maximum atomic E-state index is 2.27. The van der Waals surface area contributed by atoms with Crippen molar-refractivity contribution in [1.29, 1.82) is 0 Å². The predicted octanol–water partition coefficient (Wildman–Crippen LogP) is 5.32. The summed E-state index contributed by atoms with van der Waals surface area (Å²) in [4.78, 5) is 0. The van der Waals surface area contributed by atoms with Crippen LogP contribution in [0.4, 0.5) is 0 Å². The third kappa shape index (κ3) is 2.60. The van der Waals surface area contributed by atoms with Crippen molar-refractivity contribution >= 4 is 0 Å². The second-order valence-corrected chi connectivity index (χ2v) is 5.63. The van der Waals surface area contributed by atoms with Crippen LogP contribution in [-0.4, -0.2) is 0 Å². The Labute approximate surface area is 121 Å². The Balaban J connectivity index is 2.04. The molecule has 0 nitrogen and oxygen atoms in total. The molecule has 0 heterocycles. The Morgan fingerprint density at radius 3 is 1.65 bits per heavy atom. The summed E-state index contributed by atoms with van der Waals surface area (Å²) in [5, 5.41) is 0. The SMILES string of the molecule is Cc1ccc(C(C2=CC=CC2)c2ccc(C)cc2)cc1. The van der Waals surface area contributed by atoms with Crippen LogP contribution in [0.5, 0.6) is 0 Å². The van der Waals surface area contributed by atoms with Crippen LogP contribution in [0.2, 0.25) is 0 Å². The second-order valence-electron chi connectivity index (χ2n) is 5.63. The van der Waals surface area contributed by atoms with Crippen LogP contribution in [0.15, 0.2) is 72.3 Å². The van der Waals surface area contributed by atoms with Crippen LogP contribution in [0.3, 0.4) is 0 Å². The van der Waals surface area contributed by atoms with Crippen molar-refractivity contribution in [2.75, 3.05) is 0 Å². The monoisotopic (exact) mass is 260 g/mol. The molecule has 100 valence electrons. The maximum absolute atomic E-state index is 2.27. The van der Waals surface area contributed by atoms with E-state index in [2.05, 4.69) is 80.6 Å². The van der Waals surface area contributed by atoms with Gasteiger partial charge in [0.1, 0.15) is 0 Å². The maximum Gasteiger partial charge on any atom is 0.0305 e. The Hall–Kier alpha value is -2.08. The summed E-state index contributed by atoms with van der Waals surface area (Å²) >= 11 is 0. The van der Waals surface area contributed by atoms with Crippen molar-refractivity contribution in [2.45, 2.75) is 26.2 Å². The molecule has 0 aliphatic heterocycles. The number of rotatable bonds is 3. The number of aryl methyl sites for hydroxylation is 2. The zero-order valence-electron chi connectivity index (χ0n) is 12.1. The second kappa shape index (κ2) is 5.50.